The molecule has 0 aliphatic heterocycles. The molecule has 0 fully saturated rings. The van der Waals surface area contributed by atoms with Gasteiger partial charge in [-0.3, -0.25) is 9.97 Å². The summed E-state index contributed by atoms with van der Waals surface area (Å²) in [4.78, 5) is 18.3. The molecule has 4 heterocycles. The first kappa shape index (κ1) is 19.1. The maximum Gasteiger partial charge on any atom is 2.00 e. The molecule has 5 rings (SSSR count). The number of fused-ring (bicyclic) bond motifs is 1. The average molecular weight is 555 g/mol. The molecule has 1 aromatic carbocycles. The van der Waals surface area contributed by atoms with Gasteiger partial charge in [0.1, 0.15) is 0 Å². The molecule has 4 nitrogen and oxygen atoms in total. The van der Waals surface area contributed by atoms with Crippen LogP contribution in [0.4, 0.5) is 0 Å². The first-order valence-electron chi connectivity index (χ1n) is 9.08. The predicted octanol–water partition coefficient (Wildman–Crippen LogP) is 2.87. The van der Waals surface area contributed by atoms with Gasteiger partial charge in [-0.25, -0.2) is 0 Å². The summed E-state index contributed by atoms with van der Waals surface area (Å²) in [6.45, 7) is 0. The van der Waals surface area contributed by atoms with Gasteiger partial charge in [-0.15, -0.1) is 16.4 Å². The molecule has 0 amide bonds. The third-order valence-electron chi connectivity index (χ3n) is 4.56. The predicted molar refractivity (Wildman–Crippen MR) is 111 cm³/mol. The van der Waals surface area contributed by atoms with Crippen molar-refractivity contribution < 1.29 is 21.1 Å². The van der Waals surface area contributed by atoms with Gasteiger partial charge in [0.15, 0.2) is 0 Å². The van der Waals surface area contributed by atoms with E-state index in [0.717, 1.165) is 44.2 Å². The summed E-state index contributed by atoms with van der Waals surface area (Å²) in [6.07, 6.45) is 7.60. The number of pyridine rings is 2. The molecule has 4 aromatic heterocycles. The van der Waals surface area contributed by atoms with Crippen LogP contribution in [0.25, 0.3) is 34.3 Å². The maximum atomic E-state index is 4.87. The second kappa shape index (κ2) is 8.42. The average Bonchev–Trinajstić information content (AvgIpc) is 3.39. The summed E-state index contributed by atoms with van der Waals surface area (Å²) in [5.74, 6) is 0. The molecule has 0 aliphatic carbocycles. The summed E-state index contributed by atoms with van der Waals surface area (Å²) in [7, 11) is 0. The molecular weight excluding hydrogens is 539 g/mol. The fourth-order valence-electron chi connectivity index (χ4n) is 3.27. The van der Waals surface area contributed by atoms with E-state index in [4.69, 9.17) is 9.97 Å². The smallest absolute Gasteiger partial charge is 0.662 e. The molecule has 0 radical (unpaired) electrons. The Morgan fingerprint density at radius 3 is 2.10 bits per heavy atom. The van der Waals surface area contributed by atoms with Crippen LogP contribution in [0.2, 0.25) is 0 Å². The molecule has 29 heavy (non-hydrogen) atoms. The SMILES string of the molecule is C(/c1ccccn1)=c1/[n-]/c(=C\c2cccc(-c3ccc[n-]3)n2)c2ccccc12.[Pt+2]. The third-order valence-corrected chi connectivity index (χ3v) is 4.56. The van der Waals surface area contributed by atoms with Crippen molar-refractivity contribution in [1.82, 2.24) is 19.9 Å². The summed E-state index contributed by atoms with van der Waals surface area (Å²) < 4.78 is 0. The molecule has 142 valence electrons. The first-order chi connectivity index (χ1) is 13.9. The number of rotatable bonds is 3. The van der Waals surface area contributed by atoms with E-state index < -0.39 is 0 Å². The molecular formula is C24H16N4Pt. The summed E-state index contributed by atoms with van der Waals surface area (Å²) in [6, 6.07) is 23.9. The van der Waals surface area contributed by atoms with E-state index >= 15 is 0 Å². The Bertz CT molecular complexity index is 1350. The van der Waals surface area contributed by atoms with Gasteiger partial charge in [0.05, 0.1) is 11.4 Å². The van der Waals surface area contributed by atoms with Crippen molar-refractivity contribution in [2.45, 2.75) is 0 Å². The standard InChI is InChI=1S/C24H16N4.Pt/c1-2-10-20-19(9-1)23(15-17-7-3-4-13-25-17)28-24(20)16-18-8-5-11-22(27-18)21-12-6-14-26-21;/h1-16H;/q-2;+2/b23-15-,24-16-;. The molecule has 0 saturated heterocycles. The Labute approximate surface area is 182 Å². The van der Waals surface area contributed by atoms with Crippen LogP contribution in [0.5, 0.6) is 0 Å². The molecule has 0 saturated carbocycles. The maximum absolute atomic E-state index is 4.87. The summed E-state index contributed by atoms with van der Waals surface area (Å²) >= 11 is 0. The Balaban J connectivity index is 0.00000205. The van der Waals surface area contributed by atoms with Crippen molar-refractivity contribution in [3.63, 3.8) is 0 Å². The van der Waals surface area contributed by atoms with Gasteiger partial charge in [-0.1, -0.05) is 60.7 Å². The molecule has 5 heteroatoms. The van der Waals surface area contributed by atoms with Crippen LogP contribution in [-0.2, 0) is 21.1 Å². The van der Waals surface area contributed by atoms with Crippen LogP contribution in [0.15, 0.2) is 85.2 Å². The Hall–Kier alpha value is -3.23. The van der Waals surface area contributed by atoms with Gasteiger partial charge in [-0.2, -0.15) is 6.20 Å². The second-order valence-corrected chi connectivity index (χ2v) is 6.44. The quantitative estimate of drug-likeness (QED) is 0.344. The van der Waals surface area contributed by atoms with E-state index in [1.54, 1.807) is 12.4 Å². The van der Waals surface area contributed by atoms with Crippen molar-refractivity contribution in [3.05, 3.63) is 107 Å². The van der Waals surface area contributed by atoms with Crippen LogP contribution < -0.4 is 20.7 Å². The summed E-state index contributed by atoms with van der Waals surface area (Å²) in [5, 5.41) is 4.02. The number of benzene rings is 1. The minimum absolute atomic E-state index is 0. The minimum atomic E-state index is 0. The second-order valence-electron chi connectivity index (χ2n) is 6.44. The molecule has 0 aliphatic rings. The molecule has 0 unspecified atom stereocenters. The molecule has 0 N–H and O–H groups in total. The van der Waals surface area contributed by atoms with Gasteiger partial charge in [-0.05, 0) is 35.0 Å². The van der Waals surface area contributed by atoms with Gasteiger partial charge in [0.2, 0.25) is 0 Å². The molecule has 0 atom stereocenters. The topological polar surface area (TPSA) is 54.0 Å². The summed E-state index contributed by atoms with van der Waals surface area (Å²) in [5.41, 5.74) is 3.47. The van der Waals surface area contributed by atoms with E-state index in [2.05, 4.69) is 22.1 Å². The third kappa shape index (κ3) is 3.98. The Morgan fingerprint density at radius 1 is 0.690 bits per heavy atom. The minimum Gasteiger partial charge on any atom is -0.662 e. The van der Waals surface area contributed by atoms with Crippen LogP contribution in [0.3, 0.4) is 0 Å². The van der Waals surface area contributed by atoms with Crippen molar-refractivity contribution in [3.8, 4) is 11.4 Å². The van der Waals surface area contributed by atoms with Gasteiger partial charge in [0, 0.05) is 11.9 Å². The number of hydrogen-bond acceptors (Lipinski definition) is 2. The fraction of sp³-hybridized carbons (Fsp3) is 0. The van der Waals surface area contributed by atoms with Gasteiger partial charge < -0.3 is 9.97 Å². The van der Waals surface area contributed by atoms with Crippen LogP contribution >= 0.6 is 0 Å². The van der Waals surface area contributed by atoms with E-state index in [-0.39, 0.29) is 21.1 Å². The van der Waals surface area contributed by atoms with Gasteiger partial charge >= 0.3 is 21.1 Å². The van der Waals surface area contributed by atoms with Crippen molar-refractivity contribution >= 4 is 22.9 Å². The zero-order valence-electron chi connectivity index (χ0n) is 15.3. The van der Waals surface area contributed by atoms with E-state index in [9.17, 15) is 0 Å². The number of hydrogen-bond donors (Lipinski definition) is 0. The number of nitrogens with zero attached hydrogens (tertiary/aromatic N) is 4. The molecule has 0 bridgehead atoms. The van der Waals surface area contributed by atoms with E-state index in [1.165, 1.54) is 0 Å². The normalized spacial score (nSPS) is 12.3. The van der Waals surface area contributed by atoms with Crippen LogP contribution in [-0.4, -0.2) is 9.97 Å². The van der Waals surface area contributed by atoms with E-state index in [1.807, 2.05) is 72.8 Å². The Morgan fingerprint density at radius 2 is 1.41 bits per heavy atom. The van der Waals surface area contributed by atoms with Gasteiger partial charge in [0.25, 0.3) is 0 Å². The molecule has 5 aromatic rings. The largest absolute Gasteiger partial charge is 2.00 e. The monoisotopic (exact) mass is 555 g/mol. The van der Waals surface area contributed by atoms with Crippen molar-refractivity contribution in [2.24, 2.45) is 0 Å². The zero-order chi connectivity index (χ0) is 18.8. The fourth-order valence-corrected chi connectivity index (χ4v) is 3.27. The van der Waals surface area contributed by atoms with Crippen LogP contribution in [0.1, 0.15) is 11.4 Å². The zero-order valence-corrected chi connectivity index (χ0v) is 17.6. The van der Waals surface area contributed by atoms with E-state index in [0.29, 0.717) is 0 Å². The Kier molecular flexibility index (Phi) is 5.54. The number of aromatic nitrogens is 4. The molecule has 0 spiro atoms. The van der Waals surface area contributed by atoms with Crippen molar-refractivity contribution in [2.75, 3.05) is 0 Å². The van der Waals surface area contributed by atoms with Crippen LogP contribution in [0, 0.1) is 0 Å². The first-order valence-corrected chi connectivity index (χ1v) is 9.08. The van der Waals surface area contributed by atoms with Crippen molar-refractivity contribution in [1.29, 1.82) is 0 Å².